The van der Waals surface area contributed by atoms with Gasteiger partial charge in [-0.15, -0.1) is 0 Å². The lowest BCUT2D eigenvalue weighted by molar-refractivity contribution is 0.212. The summed E-state index contributed by atoms with van der Waals surface area (Å²) in [5.74, 6) is 0.943. The molecule has 0 aromatic heterocycles. The Balaban J connectivity index is 1.83. The highest BCUT2D eigenvalue weighted by molar-refractivity contribution is 5.27. The summed E-state index contributed by atoms with van der Waals surface area (Å²) >= 11 is 0. The molecule has 0 spiro atoms. The Morgan fingerprint density at radius 2 is 1.63 bits per heavy atom. The van der Waals surface area contributed by atoms with E-state index >= 15 is 0 Å². The molecule has 1 heteroatoms. The fraction of sp³-hybridized carbons (Fsp3) is 0.667. The number of rotatable bonds is 3. The van der Waals surface area contributed by atoms with Crippen LogP contribution in [0.3, 0.4) is 0 Å². The van der Waals surface area contributed by atoms with E-state index in [0.717, 1.165) is 5.92 Å². The van der Waals surface area contributed by atoms with Gasteiger partial charge in [0.1, 0.15) is 0 Å². The summed E-state index contributed by atoms with van der Waals surface area (Å²) < 4.78 is 0. The van der Waals surface area contributed by atoms with Gasteiger partial charge in [0.2, 0.25) is 0 Å². The van der Waals surface area contributed by atoms with E-state index in [9.17, 15) is 0 Å². The quantitative estimate of drug-likeness (QED) is 0.784. The number of nitrogens with zero attached hydrogens (tertiary/aromatic N) is 1. The molecule has 1 aromatic carbocycles. The Morgan fingerprint density at radius 1 is 1.05 bits per heavy atom. The number of benzene rings is 1. The number of aryl methyl sites for hydroxylation is 1. The molecule has 1 aliphatic rings. The summed E-state index contributed by atoms with van der Waals surface area (Å²) in [5.41, 5.74) is 3.22. The van der Waals surface area contributed by atoms with Crippen molar-refractivity contribution in [3.8, 4) is 0 Å². The second-order valence-electron chi connectivity index (χ2n) is 7.23. The Kier molecular flexibility index (Phi) is 4.67. The Morgan fingerprint density at radius 3 is 2.16 bits per heavy atom. The van der Waals surface area contributed by atoms with E-state index in [2.05, 4.69) is 57.0 Å². The zero-order valence-corrected chi connectivity index (χ0v) is 13.1. The molecule has 0 atom stereocenters. The molecule has 0 aliphatic carbocycles. The maximum Gasteiger partial charge on any atom is -0.00191 e. The average Bonchev–Trinajstić information content (AvgIpc) is 2.37. The van der Waals surface area contributed by atoms with Crippen LogP contribution >= 0.6 is 0 Å². The van der Waals surface area contributed by atoms with Gasteiger partial charge in [-0.2, -0.15) is 0 Å². The highest BCUT2D eigenvalue weighted by Gasteiger charge is 2.16. The molecule has 106 valence electrons. The van der Waals surface area contributed by atoms with Crippen LogP contribution in [-0.2, 0) is 11.8 Å². The highest BCUT2D eigenvalue weighted by atomic mass is 15.1. The fourth-order valence-electron chi connectivity index (χ4n) is 2.89. The van der Waals surface area contributed by atoms with Crippen LogP contribution in [0, 0.1) is 5.92 Å². The minimum atomic E-state index is 0.270. The van der Waals surface area contributed by atoms with Crippen molar-refractivity contribution in [2.45, 2.75) is 51.9 Å². The second kappa shape index (κ2) is 6.09. The number of hydrogen-bond acceptors (Lipinski definition) is 1. The van der Waals surface area contributed by atoms with E-state index in [4.69, 9.17) is 0 Å². The predicted molar refractivity (Wildman–Crippen MR) is 83.7 cm³/mol. The molecule has 1 aliphatic heterocycles. The predicted octanol–water partition coefficient (Wildman–Crippen LogP) is 4.26. The van der Waals surface area contributed by atoms with Crippen molar-refractivity contribution < 1.29 is 0 Å². The molecule has 1 nitrogen and oxygen atoms in total. The summed E-state index contributed by atoms with van der Waals surface area (Å²) in [7, 11) is 2.24. The van der Waals surface area contributed by atoms with Gasteiger partial charge in [-0.1, -0.05) is 45.0 Å². The molecular formula is C18H29N. The first-order chi connectivity index (χ1) is 8.95. The van der Waals surface area contributed by atoms with Gasteiger partial charge < -0.3 is 4.90 Å². The lowest BCUT2D eigenvalue weighted by atomic mass is 9.86. The number of likely N-dealkylation sites (tertiary alicyclic amines) is 1. The van der Waals surface area contributed by atoms with Gasteiger partial charge in [0.05, 0.1) is 0 Å². The minimum absolute atomic E-state index is 0.270. The van der Waals surface area contributed by atoms with Crippen LogP contribution in [0.1, 0.15) is 51.2 Å². The van der Waals surface area contributed by atoms with Crippen LogP contribution in [0.2, 0.25) is 0 Å². The van der Waals surface area contributed by atoms with Crippen molar-refractivity contribution in [1.82, 2.24) is 4.90 Å². The normalized spacial score (nSPS) is 18.7. The largest absolute Gasteiger partial charge is 0.306 e. The topological polar surface area (TPSA) is 3.24 Å². The van der Waals surface area contributed by atoms with E-state index in [1.807, 2.05) is 0 Å². The van der Waals surface area contributed by atoms with E-state index in [1.54, 1.807) is 0 Å². The SMILES string of the molecule is CN1CCC(CCc2ccc(C(C)(C)C)cc2)CC1. The monoisotopic (exact) mass is 259 g/mol. The van der Waals surface area contributed by atoms with Crippen LogP contribution in [0.15, 0.2) is 24.3 Å². The molecule has 1 saturated heterocycles. The van der Waals surface area contributed by atoms with Crippen LogP contribution in [-0.4, -0.2) is 25.0 Å². The Hall–Kier alpha value is -0.820. The molecular weight excluding hydrogens is 230 g/mol. The molecule has 0 radical (unpaired) electrons. The summed E-state index contributed by atoms with van der Waals surface area (Å²) in [6.45, 7) is 9.41. The standard InChI is InChI=1S/C18H29N/c1-18(2,3)17-9-7-15(8-10-17)5-6-16-11-13-19(4)14-12-16/h7-10,16H,5-6,11-14H2,1-4H3. The number of hydrogen-bond donors (Lipinski definition) is 0. The maximum absolute atomic E-state index is 2.45. The van der Waals surface area contributed by atoms with Gasteiger partial charge in [-0.3, -0.25) is 0 Å². The van der Waals surface area contributed by atoms with E-state index in [1.165, 1.54) is 49.9 Å². The molecule has 2 rings (SSSR count). The zero-order valence-electron chi connectivity index (χ0n) is 13.1. The van der Waals surface area contributed by atoms with Gasteiger partial charge >= 0.3 is 0 Å². The van der Waals surface area contributed by atoms with Crippen molar-refractivity contribution in [3.63, 3.8) is 0 Å². The van der Waals surface area contributed by atoms with Crippen molar-refractivity contribution >= 4 is 0 Å². The zero-order chi connectivity index (χ0) is 13.9. The van der Waals surface area contributed by atoms with Gasteiger partial charge in [0.15, 0.2) is 0 Å². The molecule has 1 heterocycles. The van der Waals surface area contributed by atoms with Gasteiger partial charge in [0.25, 0.3) is 0 Å². The van der Waals surface area contributed by atoms with Gasteiger partial charge in [-0.05, 0) is 68.3 Å². The fourth-order valence-corrected chi connectivity index (χ4v) is 2.89. The summed E-state index contributed by atoms with van der Waals surface area (Å²) in [5, 5.41) is 0. The van der Waals surface area contributed by atoms with Crippen LogP contribution in [0.5, 0.6) is 0 Å². The first-order valence-electron chi connectivity index (χ1n) is 7.73. The van der Waals surface area contributed by atoms with Gasteiger partial charge in [0, 0.05) is 0 Å². The third-order valence-electron chi connectivity index (χ3n) is 4.50. The van der Waals surface area contributed by atoms with Crippen molar-refractivity contribution in [1.29, 1.82) is 0 Å². The third-order valence-corrected chi connectivity index (χ3v) is 4.50. The first-order valence-corrected chi connectivity index (χ1v) is 7.73. The van der Waals surface area contributed by atoms with Crippen LogP contribution < -0.4 is 0 Å². The average molecular weight is 259 g/mol. The van der Waals surface area contributed by atoms with E-state index in [-0.39, 0.29) is 5.41 Å². The molecule has 0 amide bonds. The maximum atomic E-state index is 2.45. The van der Waals surface area contributed by atoms with Crippen molar-refractivity contribution in [3.05, 3.63) is 35.4 Å². The lowest BCUT2D eigenvalue weighted by Crippen LogP contribution is -2.30. The first kappa shape index (κ1) is 14.6. The molecule has 0 saturated carbocycles. The second-order valence-corrected chi connectivity index (χ2v) is 7.23. The molecule has 0 bridgehead atoms. The van der Waals surface area contributed by atoms with Crippen LogP contribution in [0.4, 0.5) is 0 Å². The summed E-state index contributed by atoms with van der Waals surface area (Å²) in [6.07, 6.45) is 5.38. The van der Waals surface area contributed by atoms with Crippen molar-refractivity contribution in [2.24, 2.45) is 5.92 Å². The Labute approximate surface area is 119 Å². The van der Waals surface area contributed by atoms with Crippen molar-refractivity contribution in [2.75, 3.05) is 20.1 Å². The summed E-state index contributed by atoms with van der Waals surface area (Å²) in [6, 6.07) is 9.28. The third kappa shape index (κ3) is 4.35. The van der Waals surface area contributed by atoms with Gasteiger partial charge in [-0.25, -0.2) is 0 Å². The molecule has 1 aromatic rings. The highest BCUT2D eigenvalue weighted by Crippen LogP contribution is 2.24. The molecule has 0 unspecified atom stereocenters. The van der Waals surface area contributed by atoms with Crippen LogP contribution in [0.25, 0.3) is 0 Å². The molecule has 19 heavy (non-hydrogen) atoms. The molecule has 1 fully saturated rings. The summed E-state index contributed by atoms with van der Waals surface area (Å²) in [4.78, 5) is 2.45. The smallest absolute Gasteiger partial charge is 0.00191 e. The minimum Gasteiger partial charge on any atom is -0.306 e. The molecule has 0 N–H and O–H groups in total. The number of piperidine rings is 1. The van der Waals surface area contributed by atoms with E-state index < -0.39 is 0 Å². The Bertz CT molecular complexity index is 377. The van der Waals surface area contributed by atoms with E-state index in [0.29, 0.717) is 0 Å². The lowest BCUT2D eigenvalue weighted by Gasteiger charge is -2.29.